The standard InChI is InChI=1S/C29H34N2O3/c1-20(32)27-16-23(17-30-18-27)19-31(2)29(34)25-11-8-21(9-12-25)14-22-10-13-26(15-22)28(33)24-6-4-3-5-7-24/h3-9,11-12,16-18,20,22,26,28,32-33H,10,13-15,19H2,1-2H3/t20?,22-,26-,28+/m0/s1. The van der Waals surface area contributed by atoms with Crippen molar-refractivity contribution in [2.75, 3.05) is 7.05 Å². The fourth-order valence-corrected chi connectivity index (χ4v) is 5.01. The number of amides is 1. The van der Waals surface area contributed by atoms with Gasteiger partial charge in [0.2, 0.25) is 0 Å². The van der Waals surface area contributed by atoms with Crippen molar-refractivity contribution in [3.8, 4) is 0 Å². The van der Waals surface area contributed by atoms with Crippen molar-refractivity contribution < 1.29 is 15.0 Å². The van der Waals surface area contributed by atoms with Gasteiger partial charge in [-0.1, -0.05) is 42.5 Å². The van der Waals surface area contributed by atoms with Crippen LogP contribution in [0.4, 0.5) is 0 Å². The lowest BCUT2D eigenvalue weighted by molar-refractivity contribution is 0.0785. The summed E-state index contributed by atoms with van der Waals surface area (Å²) < 4.78 is 0. The van der Waals surface area contributed by atoms with Crippen LogP contribution >= 0.6 is 0 Å². The number of benzene rings is 2. The highest BCUT2D eigenvalue weighted by atomic mass is 16.3. The Bertz CT molecular complexity index is 1080. The lowest BCUT2D eigenvalue weighted by atomic mass is 9.91. The summed E-state index contributed by atoms with van der Waals surface area (Å²) in [4.78, 5) is 18.7. The van der Waals surface area contributed by atoms with E-state index in [9.17, 15) is 15.0 Å². The van der Waals surface area contributed by atoms with E-state index in [2.05, 4.69) is 17.1 Å². The second-order valence-corrected chi connectivity index (χ2v) is 9.66. The molecular weight excluding hydrogens is 424 g/mol. The summed E-state index contributed by atoms with van der Waals surface area (Å²) >= 11 is 0. The molecule has 1 aliphatic rings. The molecule has 0 saturated heterocycles. The van der Waals surface area contributed by atoms with Gasteiger partial charge >= 0.3 is 0 Å². The number of hydrogen-bond donors (Lipinski definition) is 2. The molecule has 1 heterocycles. The summed E-state index contributed by atoms with van der Waals surface area (Å²) in [6.45, 7) is 2.13. The van der Waals surface area contributed by atoms with Crippen LogP contribution in [-0.4, -0.2) is 33.1 Å². The number of pyridine rings is 1. The highest BCUT2D eigenvalue weighted by Crippen LogP contribution is 2.40. The minimum absolute atomic E-state index is 0.0408. The number of aliphatic hydroxyl groups is 2. The Balaban J connectivity index is 1.31. The van der Waals surface area contributed by atoms with Gasteiger partial charge in [-0.3, -0.25) is 9.78 Å². The lowest BCUT2D eigenvalue weighted by Gasteiger charge is -2.19. The van der Waals surface area contributed by atoms with Gasteiger partial charge in [0.25, 0.3) is 5.91 Å². The van der Waals surface area contributed by atoms with E-state index in [0.29, 0.717) is 23.9 Å². The predicted molar refractivity (Wildman–Crippen MR) is 133 cm³/mol. The van der Waals surface area contributed by atoms with E-state index in [1.165, 1.54) is 5.56 Å². The molecule has 0 bridgehead atoms. The predicted octanol–water partition coefficient (Wildman–Crippen LogP) is 5.10. The van der Waals surface area contributed by atoms with Gasteiger partial charge in [0, 0.05) is 31.5 Å². The highest BCUT2D eigenvalue weighted by Gasteiger charge is 2.30. The maximum Gasteiger partial charge on any atom is 0.253 e. The van der Waals surface area contributed by atoms with Crippen LogP contribution in [0.25, 0.3) is 0 Å². The number of carbonyl (C=O) groups excluding carboxylic acids is 1. The molecule has 1 unspecified atom stereocenters. The molecule has 0 radical (unpaired) electrons. The highest BCUT2D eigenvalue weighted by molar-refractivity contribution is 5.94. The number of carbonyl (C=O) groups is 1. The van der Waals surface area contributed by atoms with Crippen LogP contribution in [0.1, 0.15) is 71.0 Å². The zero-order valence-electron chi connectivity index (χ0n) is 20.0. The minimum Gasteiger partial charge on any atom is -0.389 e. The van der Waals surface area contributed by atoms with Gasteiger partial charge in [-0.25, -0.2) is 0 Å². The van der Waals surface area contributed by atoms with Gasteiger partial charge in [0.1, 0.15) is 0 Å². The van der Waals surface area contributed by atoms with Crippen LogP contribution < -0.4 is 0 Å². The quantitative estimate of drug-likeness (QED) is 0.493. The summed E-state index contributed by atoms with van der Waals surface area (Å²) in [7, 11) is 1.78. The van der Waals surface area contributed by atoms with E-state index in [0.717, 1.165) is 42.4 Å². The molecule has 178 valence electrons. The lowest BCUT2D eigenvalue weighted by Crippen LogP contribution is -2.26. The first-order valence-corrected chi connectivity index (χ1v) is 12.1. The van der Waals surface area contributed by atoms with E-state index in [1.54, 1.807) is 31.3 Å². The monoisotopic (exact) mass is 458 g/mol. The molecular formula is C29H34N2O3. The Morgan fingerprint density at radius 1 is 1.00 bits per heavy atom. The molecule has 1 fully saturated rings. The van der Waals surface area contributed by atoms with Crippen LogP contribution in [0.2, 0.25) is 0 Å². The number of rotatable bonds is 8. The molecule has 1 saturated carbocycles. The van der Waals surface area contributed by atoms with Crippen LogP contribution in [0.5, 0.6) is 0 Å². The largest absolute Gasteiger partial charge is 0.389 e. The van der Waals surface area contributed by atoms with Crippen molar-refractivity contribution in [1.82, 2.24) is 9.88 Å². The first-order chi connectivity index (χ1) is 16.4. The summed E-state index contributed by atoms with van der Waals surface area (Å²) in [5.41, 5.74) is 4.53. The Morgan fingerprint density at radius 2 is 1.74 bits per heavy atom. The SMILES string of the molecule is CC(O)c1cncc(CN(C)C(=O)c2ccc(C[C@@H]3CC[C@H]([C@H](O)c4ccccc4)C3)cc2)c1. The molecule has 1 aromatic heterocycles. The first-order valence-electron chi connectivity index (χ1n) is 12.1. The Kier molecular flexibility index (Phi) is 7.76. The van der Waals surface area contributed by atoms with Crippen molar-refractivity contribution in [1.29, 1.82) is 0 Å². The van der Waals surface area contributed by atoms with Gasteiger partial charge in [-0.15, -0.1) is 0 Å². The normalized spacial score (nSPS) is 19.5. The summed E-state index contributed by atoms with van der Waals surface area (Å²) in [6.07, 6.45) is 6.56. The van der Waals surface area contributed by atoms with E-state index in [1.807, 2.05) is 48.5 Å². The van der Waals surface area contributed by atoms with E-state index in [4.69, 9.17) is 0 Å². The van der Waals surface area contributed by atoms with Crippen LogP contribution in [0, 0.1) is 11.8 Å². The Labute approximate surface area is 202 Å². The van der Waals surface area contributed by atoms with Gasteiger partial charge in [-0.05, 0) is 84.9 Å². The van der Waals surface area contributed by atoms with Crippen molar-refractivity contribution in [3.05, 3.63) is 101 Å². The van der Waals surface area contributed by atoms with Crippen molar-refractivity contribution >= 4 is 5.91 Å². The van der Waals surface area contributed by atoms with E-state index >= 15 is 0 Å². The summed E-state index contributed by atoms with van der Waals surface area (Å²) in [5.74, 6) is 0.825. The third-order valence-corrected chi connectivity index (χ3v) is 6.96. The maximum atomic E-state index is 12.9. The van der Waals surface area contributed by atoms with Gasteiger partial charge < -0.3 is 15.1 Å². The molecule has 2 N–H and O–H groups in total. The first kappa shape index (κ1) is 24.1. The van der Waals surface area contributed by atoms with E-state index < -0.39 is 12.2 Å². The minimum atomic E-state index is -0.585. The smallest absolute Gasteiger partial charge is 0.253 e. The molecule has 1 aliphatic carbocycles. The molecule has 4 rings (SSSR count). The van der Waals surface area contributed by atoms with Gasteiger partial charge in [0.05, 0.1) is 12.2 Å². The van der Waals surface area contributed by atoms with Crippen LogP contribution in [0.3, 0.4) is 0 Å². The van der Waals surface area contributed by atoms with Crippen molar-refractivity contribution in [2.24, 2.45) is 11.8 Å². The molecule has 5 heteroatoms. The topological polar surface area (TPSA) is 73.7 Å². The maximum absolute atomic E-state index is 12.9. The van der Waals surface area contributed by atoms with Crippen molar-refractivity contribution in [2.45, 2.75) is 51.4 Å². The Hall–Kier alpha value is -3.02. The molecule has 4 atom stereocenters. The molecule has 2 aromatic carbocycles. The summed E-state index contributed by atoms with van der Waals surface area (Å²) in [6, 6.07) is 19.8. The van der Waals surface area contributed by atoms with Crippen LogP contribution in [0.15, 0.2) is 73.1 Å². The average molecular weight is 459 g/mol. The Morgan fingerprint density at radius 3 is 2.44 bits per heavy atom. The van der Waals surface area contributed by atoms with Crippen molar-refractivity contribution in [3.63, 3.8) is 0 Å². The zero-order chi connectivity index (χ0) is 24.1. The van der Waals surface area contributed by atoms with E-state index in [-0.39, 0.29) is 5.91 Å². The zero-order valence-corrected chi connectivity index (χ0v) is 20.0. The third-order valence-electron chi connectivity index (χ3n) is 6.96. The molecule has 0 aliphatic heterocycles. The van der Waals surface area contributed by atoms with Gasteiger partial charge in [-0.2, -0.15) is 0 Å². The number of aliphatic hydroxyl groups excluding tert-OH is 2. The molecule has 3 aromatic rings. The number of aromatic nitrogens is 1. The van der Waals surface area contributed by atoms with Gasteiger partial charge in [0.15, 0.2) is 0 Å². The third kappa shape index (κ3) is 5.91. The summed E-state index contributed by atoms with van der Waals surface area (Å²) in [5, 5.41) is 20.5. The molecule has 0 spiro atoms. The number of nitrogens with zero attached hydrogens (tertiary/aromatic N) is 2. The second kappa shape index (κ2) is 10.9. The molecule has 1 amide bonds. The fraction of sp³-hybridized carbons (Fsp3) is 0.379. The molecule has 5 nitrogen and oxygen atoms in total. The fourth-order valence-electron chi connectivity index (χ4n) is 5.01. The van der Waals surface area contributed by atoms with Crippen LogP contribution in [-0.2, 0) is 13.0 Å². The molecule has 34 heavy (non-hydrogen) atoms. The number of hydrogen-bond acceptors (Lipinski definition) is 4. The second-order valence-electron chi connectivity index (χ2n) is 9.66. The average Bonchev–Trinajstić information content (AvgIpc) is 3.32.